The molecule has 2 aromatic carbocycles. The molecule has 2 fully saturated rings. The highest BCUT2D eigenvalue weighted by atomic mass is 32.2. The number of benzene rings is 2. The van der Waals surface area contributed by atoms with E-state index in [4.69, 9.17) is 9.97 Å². The number of hydrogen-bond acceptors (Lipinski definition) is 6. The van der Waals surface area contributed by atoms with Crippen LogP contribution < -0.4 is 9.80 Å². The third kappa shape index (κ3) is 5.08. The van der Waals surface area contributed by atoms with Crippen LogP contribution in [0.4, 0.5) is 11.5 Å². The molecule has 0 saturated carbocycles. The molecular weight excluding hydrogens is 430 g/mol. The first-order valence-electron chi connectivity index (χ1n) is 11.9. The predicted molar refractivity (Wildman–Crippen MR) is 136 cm³/mol. The van der Waals surface area contributed by atoms with Crippen molar-refractivity contribution in [2.45, 2.75) is 24.8 Å². The molecule has 1 aromatic heterocycles. The molecular formula is C26H31N5OS. The number of carbonyl (C=O) groups excluding carboxylic acids is 1. The zero-order chi connectivity index (χ0) is 22.6. The van der Waals surface area contributed by atoms with E-state index in [1.165, 1.54) is 30.3 Å². The van der Waals surface area contributed by atoms with Crippen molar-refractivity contribution in [2.24, 2.45) is 5.92 Å². The maximum atomic E-state index is 13.0. The van der Waals surface area contributed by atoms with E-state index in [1.54, 1.807) is 0 Å². The molecule has 6 nitrogen and oxygen atoms in total. The molecule has 2 aliphatic heterocycles. The number of amides is 1. The van der Waals surface area contributed by atoms with E-state index in [9.17, 15) is 4.79 Å². The Kier molecular flexibility index (Phi) is 6.67. The van der Waals surface area contributed by atoms with Gasteiger partial charge in [0, 0.05) is 45.0 Å². The van der Waals surface area contributed by atoms with Gasteiger partial charge in [0.1, 0.15) is 5.03 Å². The lowest BCUT2D eigenvalue weighted by molar-refractivity contribution is -0.128. The van der Waals surface area contributed by atoms with Crippen LogP contribution in [0.15, 0.2) is 59.6 Å². The number of piperidine rings is 1. The monoisotopic (exact) mass is 461 g/mol. The highest BCUT2D eigenvalue weighted by molar-refractivity contribution is 8.00. The molecule has 33 heavy (non-hydrogen) atoms. The average molecular weight is 462 g/mol. The van der Waals surface area contributed by atoms with Gasteiger partial charge in [-0.15, -0.1) is 0 Å². The number of para-hydroxylation sites is 3. The molecule has 172 valence electrons. The lowest BCUT2D eigenvalue weighted by Crippen LogP contribution is -2.49. The van der Waals surface area contributed by atoms with Gasteiger partial charge in [0.25, 0.3) is 0 Å². The topological polar surface area (TPSA) is 52.6 Å². The summed E-state index contributed by atoms with van der Waals surface area (Å²) >= 11 is 1.54. The Hall–Kier alpha value is -2.80. The standard InChI is InChI=1S/C26H31N5OS/c1-20-11-13-31(14-12-20)25-26(28-23-10-6-5-9-22(23)27-25)33-19-24(32)30-17-15-29(16-18-30)21-7-3-2-4-8-21/h2-10,20H,11-19H2,1H3. The molecule has 0 bridgehead atoms. The molecule has 0 unspecified atom stereocenters. The van der Waals surface area contributed by atoms with Crippen molar-refractivity contribution in [3.8, 4) is 0 Å². The van der Waals surface area contributed by atoms with Gasteiger partial charge in [-0.2, -0.15) is 0 Å². The van der Waals surface area contributed by atoms with Crippen LogP contribution in [0.5, 0.6) is 0 Å². The van der Waals surface area contributed by atoms with Gasteiger partial charge in [-0.05, 0) is 43.0 Å². The second kappa shape index (κ2) is 10.00. The van der Waals surface area contributed by atoms with Gasteiger partial charge in [-0.3, -0.25) is 4.79 Å². The molecule has 0 spiro atoms. The SMILES string of the molecule is CC1CCN(c2nc3ccccc3nc2SCC(=O)N2CCN(c3ccccc3)CC2)CC1. The maximum absolute atomic E-state index is 13.0. The van der Waals surface area contributed by atoms with Crippen molar-refractivity contribution in [1.29, 1.82) is 0 Å². The number of thioether (sulfide) groups is 1. The van der Waals surface area contributed by atoms with Crippen LogP contribution in [0.1, 0.15) is 19.8 Å². The molecule has 7 heteroatoms. The molecule has 3 aromatic rings. The first-order valence-corrected chi connectivity index (χ1v) is 12.9. The van der Waals surface area contributed by atoms with Crippen molar-refractivity contribution in [3.63, 3.8) is 0 Å². The summed E-state index contributed by atoms with van der Waals surface area (Å²) in [5, 5.41) is 0.875. The third-order valence-electron chi connectivity index (χ3n) is 6.69. The lowest BCUT2D eigenvalue weighted by Gasteiger charge is -2.36. The molecule has 0 aliphatic carbocycles. The summed E-state index contributed by atoms with van der Waals surface area (Å²) in [6.07, 6.45) is 2.34. The first kappa shape index (κ1) is 22.0. The van der Waals surface area contributed by atoms with Crippen LogP contribution in [0.3, 0.4) is 0 Å². The zero-order valence-corrected chi connectivity index (χ0v) is 20.0. The van der Waals surface area contributed by atoms with Gasteiger partial charge in [0.15, 0.2) is 5.82 Å². The van der Waals surface area contributed by atoms with Crippen molar-refractivity contribution in [3.05, 3.63) is 54.6 Å². The summed E-state index contributed by atoms with van der Waals surface area (Å²) in [5.74, 6) is 2.27. The molecule has 1 amide bonds. The normalized spacial score (nSPS) is 17.5. The Bertz CT molecular complexity index is 1090. The van der Waals surface area contributed by atoms with Crippen LogP contribution in [-0.4, -0.2) is 65.8 Å². The van der Waals surface area contributed by atoms with Crippen molar-refractivity contribution >= 4 is 40.2 Å². The molecule has 0 N–H and O–H groups in total. The van der Waals surface area contributed by atoms with Crippen molar-refractivity contribution in [1.82, 2.24) is 14.9 Å². The highest BCUT2D eigenvalue weighted by Gasteiger charge is 2.24. The van der Waals surface area contributed by atoms with E-state index >= 15 is 0 Å². The number of nitrogens with zero attached hydrogens (tertiary/aromatic N) is 5. The minimum absolute atomic E-state index is 0.181. The molecule has 0 radical (unpaired) electrons. The van der Waals surface area contributed by atoms with E-state index in [-0.39, 0.29) is 5.91 Å². The first-order chi connectivity index (χ1) is 16.2. The molecule has 3 heterocycles. The number of rotatable bonds is 5. The number of aromatic nitrogens is 2. The van der Waals surface area contributed by atoms with Gasteiger partial charge < -0.3 is 14.7 Å². The second-order valence-corrected chi connectivity index (χ2v) is 9.97. The summed E-state index contributed by atoms with van der Waals surface area (Å²) in [4.78, 5) is 29.6. The Labute approximate surface area is 200 Å². The molecule has 2 aliphatic rings. The quantitative estimate of drug-likeness (QED) is 0.528. The van der Waals surface area contributed by atoms with Gasteiger partial charge in [-0.1, -0.05) is 49.0 Å². The highest BCUT2D eigenvalue weighted by Crippen LogP contribution is 2.32. The summed E-state index contributed by atoms with van der Waals surface area (Å²) in [5.41, 5.74) is 3.03. The fraction of sp³-hybridized carbons (Fsp3) is 0.423. The summed E-state index contributed by atoms with van der Waals surface area (Å²) in [6.45, 7) is 7.56. The molecule has 5 rings (SSSR count). The largest absolute Gasteiger partial charge is 0.368 e. The van der Waals surface area contributed by atoms with Crippen LogP contribution in [-0.2, 0) is 4.79 Å². The summed E-state index contributed by atoms with van der Waals surface area (Å²) in [7, 11) is 0. The minimum Gasteiger partial charge on any atom is -0.368 e. The lowest BCUT2D eigenvalue weighted by atomic mass is 9.99. The number of fused-ring (bicyclic) bond motifs is 1. The van der Waals surface area contributed by atoms with Gasteiger partial charge in [0.05, 0.1) is 16.8 Å². The van der Waals surface area contributed by atoms with E-state index in [2.05, 4.69) is 41.0 Å². The smallest absolute Gasteiger partial charge is 0.233 e. The Morgan fingerprint density at radius 2 is 1.48 bits per heavy atom. The van der Waals surface area contributed by atoms with Crippen LogP contribution in [0.25, 0.3) is 11.0 Å². The minimum atomic E-state index is 0.181. The van der Waals surface area contributed by atoms with Crippen LogP contribution in [0, 0.1) is 5.92 Å². The van der Waals surface area contributed by atoms with Crippen LogP contribution >= 0.6 is 11.8 Å². The van der Waals surface area contributed by atoms with Gasteiger partial charge >= 0.3 is 0 Å². The molecule has 2 saturated heterocycles. The fourth-order valence-electron chi connectivity index (χ4n) is 4.57. The Morgan fingerprint density at radius 3 is 2.18 bits per heavy atom. The van der Waals surface area contributed by atoms with E-state index < -0.39 is 0 Å². The van der Waals surface area contributed by atoms with Gasteiger partial charge in [-0.25, -0.2) is 9.97 Å². The van der Waals surface area contributed by atoms with Gasteiger partial charge in [0.2, 0.25) is 5.91 Å². The maximum Gasteiger partial charge on any atom is 0.233 e. The predicted octanol–water partition coefficient (Wildman–Crippen LogP) is 4.31. The fourth-order valence-corrected chi connectivity index (χ4v) is 5.48. The summed E-state index contributed by atoms with van der Waals surface area (Å²) in [6, 6.07) is 18.4. The number of piperazine rings is 1. The number of anilines is 2. The Morgan fingerprint density at radius 1 is 0.848 bits per heavy atom. The average Bonchev–Trinajstić information content (AvgIpc) is 2.88. The zero-order valence-electron chi connectivity index (χ0n) is 19.2. The number of carbonyl (C=O) groups is 1. The second-order valence-electron chi connectivity index (χ2n) is 9.00. The van der Waals surface area contributed by atoms with E-state index in [0.717, 1.165) is 67.1 Å². The molecule has 0 atom stereocenters. The van der Waals surface area contributed by atoms with E-state index in [1.807, 2.05) is 35.2 Å². The van der Waals surface area contributed by atoms with E-state index in [0.29, 0.717) is 5.75 Å². The van der Waals surface area contributed by atoms with Crippen molar-refractivity contribution < 1.29 is 4.79 Å². The third-order valence-corrected chi connectivity index (χ3v) is 7.63. The van der Waals surface area contributed by atoms with Crippen LogP contribution in [0.2, 0.25) is 0 Å². The van der Waals surface area contributed by atoms with Crippen molar-refractivity contribution in [2.75, 3.05) is 54.8 Å². The number of hydrogen-bond donors (Lipinski definition) is 0. The summed E-state index contributed by atoms with van der Waals surface area (Å²) < 4.78 is 0. The Balaban J connectivity index is 1.26.